The Hall–Kier alpha value is -1.55. The van der Waals surface area contributed by atoms with Crippen LogP contribution in [0.1, 0.15) is 70.4 Å². The predicted octanol–water partition coefficient (Wildman–Crippen LogP) is 4.56. The average molecular weight is 332 g/mol. The molecule has 1 fully saturated rings. The first-order valence-electron chi connectivity index (χ1n) is 9.17. The zero-order valence-corrected chi connectivity index (χ0v) is 15.7. The van der Waals surface area contributed by atoms with Crippen molar-refractivity contribution in [3.63, 3.8) is 0 Å². The van der Waals surface area contributed by atoms with Crippen molar-refractivity contribution < 1.29 is 9.90 Å². The first-order valence-corrected chi connectivity index (χ1v) is 9.17. The van der Waals surface area contributed by atoms with Crippen molar-refractivity contribution >= 4 is 11.7 Å². The molecule has 0 aliphatic carbocycles. The number of likely N-dealkylation sites (tertiary alicyclic amines) is 1. The van der Waals surface area contributed by atoms with Crippen LogP contribution in [0.4, 0.5) is 10.5 Å². The molecule has 1 aliphatic heterocycles. The molecule has 0 spiro atoms. The summed E-state index contributed by atoms with van der Waals surface area (Å²) in [6, 6.07) is 6.28. The van der Waals surface area contributed by atoms with Crippen molar-refractivity contribution in [3.05, 3.63) is 29.3 Å². The van der Waals surface area contributed by atoms with Crippen molar-refractivity contribution in [2.75, 3.05) is 18.4 Å². The lowest BCUT2D eigenvalue weighted by molar-refractivity contribution is 0.0766. The molecule has 1 aliphatic rings. The maximum atomic E-state index is 12.7. The summed E-state index contributed by atoms with van der Waals surface area (Å²) in [5.74, 6) is 1.00. The molecule has 24 heavy (non-hydrogen) atoms. The summed E-state index contributed by atoms with van der Waals surface area (Å²) in [7, 11) is 0. The van der Waals surface area contributed by atoms with E-state index in [9.17, 15) is 9.90 Å². The van der Waals surface area contributed by atoms with Gasteiger partial charge < -0.3 is 15.3 Å². The van der Waals surface area contributed by atoms with E-state index in [0.29, 0.717) is 18.4 Å². The molecule has 1 aromatic carbocycles. The van der Waals surface area contributed by atoms with Gasteiger partial charge in [-0.05, 0) is 48.8 Å². The number of carbonyl (C=O) groups excluding carboxylic acids is 1. The molecule has 0 radical (unpaired) electrons. The fourth-order valence-corrected chi connectivity index (χ4v) is 3.31. The van der Waals surface area contributed by atoms with Crippen LogP contribution in [-0.2, 0) is 0 Å². The first kappa shape index (κ1) is 18.8. The molecular weight excluding hydrogens is 300 g/mol. The summed E-state index contributed by atoms with van der Waals surface area (Å²) in [5, 5.41) is 12.9. The topological polar surface area (TPSA) is 52.6 Å². The number of hydrogen-bond donors (Lipinski definition) is 2. The molecule has 2 rings (SSSR count). The highest BCUT2D eigenvalue weighted by atomic mass is 16.3. The van der Waals surface area contributed by atoms with Crippen LogP contribution in [0, 0.1) is 5.92 Å². The lowest BCUT2D eigenvalue weighted by atomic mass is 9.93. The number of aliphatic hydroxyl groups excluding tert-OH is 1. The van der Waals surface area contributed by atoms with E-state index in [-0.39, 0.29) is 18.1 Å². The van der Waals surface area contributed by atoms with Gasteiger partial charge in [-0.15, -0.1) is 0 Å². The standard InChI is InChI=1S/C20H32N2O2/c1-13(2)16-8-9-19(18(11-16)14(3)4)21-20(24)22-10-6-7-17(12-22)15(5)23/h8-9,11,13-15,17,23H,6-7,10,12H2,1-5H3,(H,21,24). The van der Waals surface area contributed by atoms with Gasteiger partial charge in [-0.25, -0.2) is 4.79 Å². The summed E-state index contributed by atoms with van der Waals surface area (Å²) in [6.45, 7) is 11.9. The number of urea groups is 1. The van der Waals surface area contributed by atoms with E-state index in [1.54, 1.807) is 0 Å². The van der Waals surface area contributed by atoms with Crippen LogP contribution in [0.2, 0.25) is 0 Å². The van der Waals surface area contributed by atoms with Crippen molar-refractivity contribution in [1.29, 1.82) is 0 Å². The SMILES string of the molecule is CC(C)c1ccc(NC(=O)N2CCCC(C(C)O)C2)c(C(C)C)c1. The van der Waals surface area contributed by atoms with Gasteiger partial charge in [0.15, 0.2) is 0 Å². The minimum Gasteiger partial charge on any atom is -0.393 e. The molecule has 2 N–H and O–H groups in total. The maximum Gasteiger partial charge on any atom is 0.321 e. The van der Waals surface area contributed by atoms with Crippen LogP contribution in [0.3, 0.4) is 0 Å². The molecule has 2 unspecified atom stereocenters. The molecule has 1 aromatic rings. The summed E-state index contributed by atoms with van der Waals surface area (Å²) >= 11 is 0. The number of nitrogens with zero attached hydrogens (tertiary/aromatic N) is 1. The monoisotopic (exact) mass is 332 g/mol. The third-order valence-corrected chi connectivity index (χ3v) is 5.03. The number of benzene rings is 1. The number of hydrogen-bond acceptors (Lipinski definition) is 2. The Labute approximate surface area is 146 Å². The van der Waals surface area contributed by atoms with Crippen LogP contribution in [0.15, 0.2) is 18.2 Å². The third-order valence-electron chi connectivity index (χ3n) is 5.03. The number of amides is 2. The minimum absolute atomic E-state index is 0.0560. The van der Waals surface area contributed by atoms with Crippen LogP contribution < -0.4 is 5.32 Å². The van der Waals surface area contributed by atoms with Gasteiger partial charge in [-0.3, -0.25) is 0 Å². The third kappa shape index (κ3) is 4.50. The van der Waals surface area contributed by atoms with Crippen molar-refractivity contribution in [2.24, 2.45) is 5.92 Å². The van der Waals surface area contributed by atoms with Gasteiger partial charge in [0.05, 0.1) is 6.10 Å². The van der Waals surface area contributed by atoms with Gasteiger partial charge in [-0.1, -0.05) is 39.8 Å². The highest BCUT2D eigenvalue weighted by molar-refractivity contribution is 5.90. The van der Waals surface area contributed by atoms with Crippen LogP contribution >= 0.6 is 0 Å². The van der Waals surface area contributed by atoms with E-state index in [1.807, 2.05) is 17.9 Å². The summed E-state index contributed by atoms with van der Waals surface area (Å²) in [5.41, 5.74) is 3.38. The number of aliphatic hydroxyl groups is 1. The van der Waals surface area contributed by atoms with Gasteiger partial charge in [0.25, 0.3) is 0 Å². The molecule has 1 heterocycles. The Bertz CT molecular complexity index is 567. The molecule has 2 atom stereocenters. The maximum absolute atomic E-state index is 12.7. The second-order valence-corrected chi connectivity index (χ2v) is 7.68. The molecule has 0 aromatic heterocycles. The predicted molar refractivity (Wildman–Crippen MR) is 99.6 cm³/mol. The highest BCUT2D eigenvalue weighted by Gasteiger charge is 2.27. The van der Waals surface area contributed by atoms with Crippen molar-refractivity contribution in [2.45, 2.75) is 65.4 Å². The molecule has 0 saturated carbocycles. The molecule has 4 heteroatoms. The van der Waals surface area contributed by atoms with E-state index in [4.69, 9.17) is 0 Å². The number of nitrogens with one attached hydrogen (secondary N) is 1. The molecule has 1 saturated heterocycles. The smallest absolute Gasteiger partial charge is 0.321 e. The number of piperidine rings is 1. The lowest BCUT2D eigenvalue weighted by Crippen LogP contribution is -2.44. The van der Waals surface area contributed by atoms with E-state index in [2.05, 4.69) is 45.1 Å². The number of rotatable bonds is 4. The van der Waals surface area contributed by atoms with Gasteiger partial charge in [0.2, 0.25) is 0 Å². The highest BCUT2D eigenvalue weighted by Crippen LogP contribution is 2.29. The lowest BCUT2D eigenvalue weighted by Gasteiger charge is -2.34. The summed E-state index contributed by atoms with van der Waals surface area (Å²) in [6.07, 6.45) is 1.57. The quantitative estimate of drug-likeness (QED) is 0.849. The second kappa shape index (κ2) is 8.02. The largest absolute Gasteiger partial charge is 0.393 e. The Morgan fingerprint density at radius 1 is 1.21 bits per heavy atom. The average Bonchev–Trinajstić information content (AvgIpc) is 2.54. The van der Waals surface area contributed by atoms with Crippen molar-refractivity contribution in [1.82, 2.24) is 4.90 Å². The molecule has 0 bridgehead atoms. The molecule has 134 valence electrons. The number of anilines is 1. The van der Waals surface area contributed by atoms with Gasteiger partial charge in [-0.2, -0.15) is 0 Å². The molecule has 4 nitrogen and oxygen atoms in total. The van der Waals surface area contributed by atoms with Gasteiger partial charge >= 0.3 is 6.03 Å². The fraction of sp³-hybridized carbons (Fsp3) is 0.650. The van der Waals surface area contributed by atoms with Crippen LogP contribution in [0.25, 0.3) is 0 Å². The molecular formula is C20H32N2O2. The minimum atomic E-state index is -0.364. The van der Waals surface area contributed by atoms with Crippen LogP contribution in [0.5, 0.6) is 0 Å². The summed E-state index contributed by atoms with van der Waals surface area (Å²) < 4.78 is 0. The van der Waals surface area contributed by atoms with Crippen molar-refractivity contribution in [3.8, 4) is 0 Å². The van der Waals surface area contributed by atoms with E-state index in [1.165, 1.54) is 11.1 Å². The molecule has 2 amide bonds. The Morgan fingerprint density at radius 2 is 1.92 bits per heavy atom. The second-order valence-electron chi connectivity index (χ2n) is 7.68. The van der Waals surface area contributed by atoms with Gasteiger partial charge in [0.1, 0.15) is 0 Å². The Balaban J connectivity index is 2.13. The Morgan fingerprint density at radius 3 is 2.50 bits per heavy atom. The fourth-order valence-electron chi connectivity index (χ4n) is 3.31. The van der Waals surface area contributed by atoms with Crippen LogP contribution in [-0.4, -0.2) is 35.2 Å². The number of carbonyl (C=O) groups is 1. The Kier molecular flexibility index (Phi) is 6.27. The van der Waals surface area contributed by atoms with E-state index >= 15 is 0 Å². The zero-order chi connectivity index (χ0) is 17.9. The summed E-state index contributed by atoms with van der Waals surface area (Å²) in [4.78, 5) is 14.5. The normalized spacial score (nSPS) is 19.7. The zero-order valence-electron chi connectivity index (χ0n) is 15.7. The van der Waals surface area contributed by atoms with E-state index < -0.39 is 0 Å². The van der Waals surface area contributed by atoms with Gasteiger partial charge in [0, 0.05) is 24.7 Å². The van der Waals surface area contributed by atoms with E-state index in [0.717, 1.165) is 25.1 Å². The first-order chi connectivity index (χ1) is 11.3.